The number of rotatable bonds is 4. The van der Waals surface area contributed by atoms with Gasteiger partial charge in [-0.25, -0.2) is 0 Å². The number of aryl methyl sites for hydroxylation is 1. The molecule has 6 nitrogen and oxygen atoms in total. The highest BCUT2D eigenvalue weighted by molar-refractivity contribution is 7.14. The third kappa shape index (κ3) is 2.59. The van der Waals surface area contributed by atoms with Crippen molar-refractivity contribution < 1.29 is 19.1 Å². The number of nitrogens with one attached hydrogen (secondary N) is 2. The minimum Gasteiger partial charge on any atom is -0.495 e. The predicted molar refractivity (Wildman–Crippen MR) is 82.3 cm³/mol. The van der Waals surface area contributed by atoms with Crippen LogP contribution in [0.25, 0.3) is 0 Å². The van der Waals surface area contributed by atoms with E-state index in [2.05, 4.69) is 10.6 Å². The minimum atomic E-state index is -0.152. The first-order valence-corrected chi connectivity index (χ1v) is 8.17. The zero-order valence-electron chi connectivity index (χ0n) is 12.8. The van der Waals surface area contributed by atoms with Gasteiger partial charge < -0.3 is 20.1 Å². The van der Waals surface area contributed by atoms with Crippen molar-refractivity contribution >= 4 is 23.2 Å². The van der Waals surface area contributed by atoms with Gasteiger partial charge in [0.15, 0.2) is 0 Å². The number of ether oxygens (including phenoxy) is 2. The molecular formula is C15H20N2O4S. The Balaban J connectivity index is 1.73. The lowest BCUT2D eigenvalue weighted by atomic mass is 9.71. The molecule has 0 bridgehead atoms. The Hall–Kier alpha value is -1.60. The maximum Gasteiger partial charge on any atom is 0.265 e. The summed E-state index contributed by atoms with van der Waals surface area (Å²) in [4.78, 5) is 25.5. The van der Waals surface area contributed by atoms with Crippen LogP contribution < -0.4 is 15.4 Å². The molecule has 2 N–H and O–H groups in total. The van der Waals surface area contributed by atoms with Crippen molar-refractivity contribution in [2.75, 3.05) is 13.7 Å². The summed E-state index contributed by atoms with van der Waals surface area (Å²) in [5.41, 5.74) is 0. The molecule has 0 radical (unpaired) electrons. The Morgan fingerprint density at radius 1 is 1.36 bits per heavy atom. The van der Waals surface area contributed by atoms with Crippen LogP contribution in [0.2, 0.25) is 0 Å². The third-order valence-corrected chi connectivity index (χ3v) is 5.33. The van der Waals surface area contributed by atoms with Gasteiger partial charge in [0.05, 0.1) is 25.3 Å². The second-order valence-electron chi connectivity index (χ2n) is 5.77. The smallest absolute Gasteiger partial charge is 0.265 e. The molecule has 120 valence electrons. The zero-order chi connectivity index (χ0) is 15.9. The highest BCUT2D eigenvalue weighted by Gasteiger charge is 2.55. The number of hydrogen-bond donors (Lipinski definition) is 2. The summed E-state index contributed by atoms with van der Waals surface area (Å²) in [6.45, 7) is 4.10. The van der Waals surface area contributed by atoms with Crippen molar-refractivity contribution in [2.45, 2.75) is 38.5 Å². The third-order valence-electron chi connectivity index (χ3n) is 4.30. The summed E-state index contributed by atoms with van der Waals surface area (Å²) >= 11 is 1.41. The van der Waals surface area contributed by atoms with E-state index >= 15 is 0 Å². The molecule has 2 fully saturated rings. The Kier molecular flexibility index (Phi) is 4.10. The van der Waals surface area contributed by atoms with Crippen molar-refractivity contribution in [3.63, 3.8) is 0 Å². The van der Waals surface area contributed by atoms with Gasteiger partial charge in [-0.1, -0.05) is 0 Å². The van der Waals surface area contributed by atoms with Crippen LogP contribution in [0.3, 0.4) is 0 Å². The fourth-order valence-corrected chi connectivity index (χ4v) is 4.21. The van der Waals surface area contributed by atoms with Crippen LogP contribution in [0.5, 0.6) is 5.75 Å². The molecule has 1 aromatic rings. The van der Waals surface area contributed by atoms with Gasteiger partial charge in [-0.3, -0.25) is 9.59 Å². The predicted octanol–water partition coefficient (Wildman–Crippen LogP) is 1.09. The van der Waals surface area contributed by atoms with E-state index in [0.717, 1.165) is 11.3 Å². The molecule has 2 heterocycles. The summed E-state index contributed by atoms with van der Waals surface area (Å²) in [5.74, 6) is 0.603. The van der Waals surface area contributed by atoms with Crippen LogP contribution in [-0.2, 0) is 9.53 Å². The number of amides is 2. The van der Waals surface area contributed by atoms with Crippen molar-refractivity contribution in [1.29, 1.82) is 0 Å². The molecule has 1 aliphatic heterocycles. The van der Waals surface area contributed by atoms with Crippen LogP contribution in [-0.4, -0.2) is 43.7 Å². The van der Waals surface area contributed by atoms with E-state index in [4.69, 9.17) is 9.47 Å². The molecule has 7 heteroatoms. The van der Waals surface area contributed by atoms with Gasteiger partial charge in [0.2, 0.25) is 5.91 Å². The van der Waals surface area contributed by atoms with Crippen LogP contribution in [0, 0.1) is 12.8 Å². The normalized spacial score (nSPS) is 29.4. The number of thiophene rings is 1. The van der Waals surface area contributed by atoms with Crippen LogP contribution in [0.1, 0.15) is 27.9 Å². The lowest BCUT2D eigenvalue weighted by molar-refractivity contribution is -0.123. The molecule has 4 atom stereocenters. The molecule has 2 amide bonds. The summed E-state index contributed by atoms with van der Waals surface area (Å²) < 4.78 is 10.9. The van der Waals surface area contributed by atoms with E-state index in [1.807, 2.05) is 13.0 Å². The second kappa shape index (κ2) is 5.89. The summed E-state index contributed by atoms with van der Waals surface area (Å²) in [6, 6.07) is 1.62. The van der Waals surface area contributed by atoms with Gasteiger partial charge >= 0.3 is 0 Å². The first kappa shape index (κ1) is 15.3. The molecular weight excluding hydrogens is 304 g/mol. The fourth-order valence-electron chi connectivity index (χ4n) is 3.33. The van der Waals surface area contributed by atoms with E-state index in [1.54, 1.807) is 7.11 Å². The van der Waals surface area contributed by atoms with E-state index in [9.17, 15) is 9.59 Å². The molecule has 2 aliphatic rings. The zero-order valence-corrected chi connectivity index (χ0v) is 13.7. The highest BCUT2D eigenvalue weighted by Crippen LogP contribution is 2.39. The van der Waals surface area contributed by atoms with Crippen LogP contribution in [0.4, 0.5) is 0 Å². The molecule has 0 aromatic carbocycles. The average Bonchev–Trinajstić information content (AvgIpc) is 3.05. The monoisotopic (exact) mass is 324 g/mol. The van der Waals surface area contributed by atoms with Crippen molar-refractivity contribution in [1.82, 2.24) is 10.6 Å². The molecule has 1 aromatic heterocycles. The standard InChI is InChI=1S/C15H20N2O4S/c1-7-6-10(20-3)14(22-7)15(19)17-11-9-4-5-21-13(9)12(11)16-8(2)18/h6,9,11-13H,4-5H2,1-3H3,(H,16,18)(H,17,19)/t9-,11+,12-,13-/m0/s1. The number of methoxy groups -OCH3 is 1. The van der Waals surface area contributed by atoms with Crippen molar-refractivity contribution in [2.24, 2.45) is 5.92 Å². The topological polar surface area (TPSA) is 76.7 Å². The Bertz CT molecular complexity index is 600. The molecule has 0 unspecified atom stereocenters. The van der Waals surface area contributed by atoms with E-state index in [-0.39, 0.29) is 35.9 Å². The molecule has 1 aliphatic carbocycles. The maximum absolute atomic E-state index is 12.5. The van der Waals surface area contributed by atoms with Gasteiger partial charge in [0.1, 0.15) is 10.6 Å². The lowest BCUT2D eigenvalue weighted by Crippen LogP contribution is -2.70. The maximum atomic E-state index is 12.5. The Morgan fingerprint density at radius 3 is 2.82 bits per heavy atom. The van der Waals surface area contributed by atoms with E-state index in [0.29, 0.717) is 17.2 Å². The quantitative estimate of drug-likeness (QED) is 0.869. The van der Waals surface area contributed by atoms with Gasteiger partial charge in [0, 0.05) is 24.3 Å². The molecule has 1 saturated heterocycles. The van der Waals surface area contributed by atoms with Gasteiger partial charge in [-0.2, -0.15) is 0 Å². The SMILES string of the molecule is COc1cc(C)sc1C(=O)N[C@@H]1[C@@H]2CCO[C@@H]2[C@H]1NC(C)=O. The summed E-state index contributed by atoms with van der Waals surface area (Å²) in [6.07, 6.45) is 0.924. The first-order chi connectivity index (χ1) is 10.5. The number of fused-ring (bicyclic) bond motifs is 1. The second-order valence-corrected chi connectivity index (χ2v) is 7.02. The summed E-state index contributed by atoms with van der Waals surface area (Å²) in [5, 5.41) is 5.93. The molecule has 3 rings (SSSR count). The number of carbonyl (C=O) groups is 2. The van der Waals surface area contributed by atoms with Crippen LogP contribution in [0.15, 0.2) is 6.07 Å². The minimum absolute atomic E-state index is 0.0150. The highest BCUT2D eigenvalue weighted by atomic mass is 32.1. The Morgan fingerprint density at radius 2 is 2.14 bits per heavy atom. The Labute approximate surface area is 133 Å². The summed E-state index contributed by atoms with van der Waals surface area (Å²) in [7, 11) is 1.56. The van der Waals surface area contributed by atoms with Crippen molar-refractivity contribution in [3.05, 3.63) is 15.8 Å². The lowest BCUT2D eigenvalue weighted by Gasteiger charge is -2.47. The van der Waals surface area contributed by atoms with Gasteiger partial charge in [0.25, 0.3) is 5.91 Å². The molecule has 0 spiro atoms. The van der Waals surface area contributed by atoms with Crippen molar-refractivity contribution in [3.8, 4) is 5.75 Å². The van der Waals surface area contributed by atoms with Gasteiger partial charge in [-0.15, -0.1) is 11.3 Å². The number of hydrogen-bond acceptors (Lipinski definition) is 5. The molecule has 1 saturated carbocycles. The van der Waals surface area contributed by atoms with E-state index < -0.39 is 0 Å². The number of carbonyl (C=O) groups excluding carboxylic acids is 2. The van der Waals surface area contributed by atoms with Crippen LogP contribution >= 0.6 is 11.3 Å². The van der Waals surface area contributed by atoms with E-state index in [1.165, 1.54) is 18.3 Å². The fraction of sp³-hybridized carbons (Fsp3) is 0.600. The first-order valence-electron chi connectivity index (χ1n) is 7.35. The molecule has 22 heavy (non-hydrogen) atoms. The average molecular weight is 324 g/mol. The largest absolute Gasteiger partial charge is 0.495 e. The van der Waals surface area contributed by atoms with Gasteiger partial charge in [-0.05, 0) is 19.4 Å².